The molecule has 0 fully saturated rings. The Morgan fingerprint density at radius 3 is 1.23 bits per heavy atom. The molecule has 0 aliphatic carbocycles. The number of hydrogen-bond donors (Lipinski definition) is 3. The molecule has 4 nitrogen and oxygen atoms in total. The molecular weight excluding hydrogens is 530 g/mol. The fourth-order valence-corrected chi connectivity index (χ4v) is 5.10. The van der Waals surface area contributed by atoms with Crippen molar-refractivity contribution in [1.82, 2.24) is 0 Å². The molecule has 4 heteroatoms. The summed E-state index contributed by atoms with van der Waals surface area (Å²) in [4.78, 5) is 2.23. The van der Waals surface area contributed by atoms with E-state index in [9.17, 15) is 15.3 Å². The van der Waals surface area contributed by atoms with Crippen molar-refractivity contribution in [3.05, 3.63) is 168 Å². The molecule has 0 aliphatic rings. The number of hydrogen-bond acceptors (Lipinski definition) is 4. The second-order valence-corrected chi connectivity index (χ2v) is 10.5. The van der Waals surface area contributed by atoms with Gasteiger partial charge in [0.2, 0.25) is 0 Å². The molecule has 0 amide bonds. The number of anilines is 3. The second kappa shape index (κ2) is 12.0. The van der Waals surface area contributed by atoms with Crippen LogP contribution in [0.5, 0.6) is 17.2 Å². The highest BCUT2D eigenvalue weighted by Gasteiger charge is 2.13. The third-order valence-corrected chi connectivity index (χ3v) is 7.44. The van der Waals surface area contributed by atoms with Gasteiger partial charge in [-0.1, -0.05) is 78.4 Å². The molecule has 6 aromatic rings. The highest BCUT2D eigenvalue weighted by atomic mass is 16.3. The van der Waals surface area contributed by atoms with Crippen LogP contribution < -0.4 is 4.90 Å². The zero-order valence-electron chi connectivity index (χ0n) is 23.7. The molecule has 0 radical (unpaired) electrons. The lowest BCUT2D eigenvalue weighted by Crippen LogP contribution is -2.09. The van der Waals surface area contributed by atoms with E-state index in [0.717, 1.165) is 50.5 Å². The maximum absolute atomic E-state index is 9.84. The summed E-state index contributed by atoms with van der Waals surface area (Å²) in [6.45, 7) is 2.08. The fourth-order valence-electron chi connectivity index (χ4n) is 5.10. The zero-order chi connectivity index (χ0) is 29.8. The van der Waals surface area contributed by atoms with E-state index in [2.05, 4.69) is 90.7 Å². The first-order valence-corrected chi connectivity index (χ1v) is 14.1. The summed E-state index contributed by atoms with van der Waals surface area (Å²) in [5, 5.41) is 29.3. The Labute approximate surface area is 251 Å². The SMILES string of the molecule is Cc1ccc(N(c2ccc(C=C(c3ccc(O)cc3)c3ccc(O)cc3)cc2)c2ccc(-c3ccc(O)cc3)cc2)cc1. The largest absolute Gasteiger partial charge is 0.508 e. The lowest BCUT2D eigenvalue weighted by molar-refractivity contribution is 0.475. The van der Waals surface area contributed by atoms with E-state index in [4.69, 9.17) is 0 Å². The lowest BCUT2D eigenvalue weighted by atomic mass is 9.95. The van der Waals surface area contributed by atoms with E-state index >= 15 is 0 Å². The van der Waals surface area contributed by atoms with Crippen molar-refractivity contribution >= 4 is 28.7 Å². The maximum Gasteiger partial charge on any atom is 0.115 e. The van der Waals surface area contributed by atoms with E-state index in [0.29, 0.717) is 0 Å². The van der Waals surface area contributed by atoms with Crippen molar-refractivity contribution in [2.75, 3.05) is 4.90 Å². The number of phenolic OH excluding ortho intramolecular Hbond substituents is 3. The van der Waals surface area contributed by atoms with Gasteiger partial charge in [0.1, 0.15) is 17.2 Å². The van der Waals surface area contributed by atoms with Gasteiger partial charge < -0.3 is 20.2 Å². The third kappa shape index (κ3) is 6.29. The van der Waals surface area contributed by atoms with Crippen molar-refractivity contribution in [2.24, 2.45) is 0 Å². The molecular formula is C39H31NO3. The van der Waals surface area contributed by atoms with Gasteiger partial charge in [-0.05, 0) is 119 Å². The molecule has 43 heavy (non-hydrogen) atoms. The molecule has 0 atom stereocenters. The van der Waals surface area contributed by atoms with E-state index in [1.807, 2.05) is 36.4 Å². The summed E-state index contributed by atoms with van der Waals surface area (Å²) < 4.78 is 0. The van der Waals surface area contributed by atoms with E-state index in [1.165, 1.54) is 5.56 Å². The van der Waals surface area contributed by atoms with Crippen LogP contribution in [0.3, 0.4) is 0 Å². The average Bonchev–Trinajstić information content (AvgIpc) is 3.03. The molecule has 0 unspecified atom stereocenters. The number of phenols is 3. The lowest BCUT2D eigenvalue weighted by Gasteiger charge is -2.26. The minimum Gasteiger partial charge on any atom is -0.508 e. The highest BCUT2D eigenvalue weighted by Crippen LogP contribution is 2.37. The Kier molecular flexibility index (Phi) is 7.66. The van der Waals surface area contributed by atoms with Crippen molar-refractivity contribution < 1.29 is 15.3 Å². The quantitative estimate of drug-likeness (QED) is 0.170. The van der Waals surface area contributed by atoms with Gasteiger partial charge >= 0.3 is 0 Å². The first-order chi connectivity index (χ1) is 20.9. The Balaban J connectivity index is 1.37. The number of rotatable bonds is 7. The molecule has 3 N–H and O–H groups in total. The van der Waals surface area contributed by atoms with Gasteiger partial charge in [-0.2, -0.15) is 0 Å². The monoisotopic (exact) mass is 561 g/mol. The van der Waals surface area contributed by atoms with Crippen LogP contribution in [0.2, 0.25) is 0 Å². The van der Waals surface area contributed by atoms with E-state index < -0.39 is 0 Å². The first kappa shape index (κ1) is 27.4. The van der Waals surface area contributed by atoms with Gasteiger partial charge in [0.25, 0.3) is 0 Å². The van der Waals surface area contributed by atoms with Crippen molar-refractivity contribution in [1.29, 1.82) is 0 Å². The van der Waals surface area contributed by atoms with Crippen LogP contribution in [0.15, 0.2) is 146 Å². The molecule has 6 aromatic carbocycles. The van der Waals surface area contributed by atoms with Gasteiger partial charge in [-0.15, -0.1) is 0 Å². The molecule has 0 bridgehead atoms. The fraction of sp³-hybridized carbons (Fsp3) is 0.0256. The van der Waals surface area contributed by atoms with Gasteiger partial charge in [-0.25, -0.2) is 0 Å². The Hall–Kier alpha value is -5.74. The molecule has 0 saturated carbocycles. The summed E-state index contributed by atoms with van der Waals surface area (Å²) in [6, 6.07) is 46.9. The summed E-state index contributed by atoms with van der Waals surface area (Å²) in [6.07, 6.45) is 2.12. The Morgan fingerprint density at radius 1 is 0.442 bits per heavy atom. The van der Waals surface area contributed by atoms with Crippen LogP contribution in [0.4, 0.5) is 17.1 Å². The number of nitrogens with zero attached hydrogens (tertiary/aromatic N) is 1. The Bertz CT molecular complexity index is 1790. The molecule has 0 aromatic heterocycles. The topological polar surface area (TPSA) is 63.9 Å². The van der Waals surface area contributed by atoms with Crippen LogP contribution in [0, 0.1) is 6.92 Å². The van der Waals surface area contributed by atoms with Gasteiger partial charge in [0.15, 0.2) is 0 Å². The predicted octanol–water partition coefficient (Wildman–Crippen LogP) is 9.84. The van der Waals surface area contributed by atoms with Crippen LogP contribution in [-0.2, 0) is 0 Å². The average molecular weight is 562 g/mol. The van der Waals surface area contributed by atoms with Crippen LogP contribution in [-0.4, -0.2) is 15.3 Å². The minimum absolute atomic E-state index is 0.213. The molecule has 210 valence electrons. The first-order valence-electron chi connectivity index (χ1n) is 14.1. The molecule has 0 spiro atoms. The minimum atomic E-state index is 0.213. The third-order valence-electron chi connectivity index (χ3n) is 7.44. The summed E-state index contributed by atoms with van der Waals surface area (Å²) in [5.74, 6) is 0.679. The standard InChI is InChI=1S/C39H31NO3/c1-27-2-14-33(15-3-27)40(35-18-6-29(7-19-35)30-8-20-36(41)21-9-30)34-16-4-28(5-17-34)26-39(31-10-22-37(42)23-11-31)32-12-24-38(43)25-13-32/h2-26,41-43H,1H3. The Morgan fingerprint density at radius 2 is 0.791 bits per heavy atom. The van der Waals surface area contributed by atoms with Crippen molar-refractivity contribution in [2.45, 2.75) is 6.92 Å². The molecule has 0 saturated heterocycles. The van der Waals surface area contributed by atoms with E-state index in [1.54, 1.807) is 36.4 Å². The van der Waals surface area contributed by atoms with E-state index in [-0.39, 0.29) is 17.2 Å². The number of aromatic hydroxyl groups is 3. The molecule has 0 aliphatic heterocycles. The van der Waals surface area contributed by atoms with Gasteiger partial charge in [0.05, 0.1) is 0 Å². The molecule has 0 heterocycles. The maximum atomic E-state index is 9.84. The summed E-state index contributed by atoms with van der Waals surface area (Å²) in [7, 11) is 0. The van der Waals surface area contributed by atoms with Crippen LogP contribution >= 0.6 is 0 Å². The zero-order valence-corrected chi connectivity index (χ0v) is 23.7. The van der Waals surface area contributed by atoms with Crippen molar-refractivity contribution in [3.63, 3.8) is 0 Å². The smallest absolute Gasteiger partial charge is 0.115 e. The predicted molar refractivity (Wildman–Crippen MR) is 176 cm³/mol. The summed E-state index contributed by atoms with van der Waals surface area (Å²) >= 11 is 0. The number of aryl methyl sites for hydroxylation is 1. The van der Waals surface area contributed by atoms with Crippen LogP contribution in [0.25, 0.3) is 22.8 Å². The van der Waals surface area contributed by atoms with Gasteiger partial charge in [0, 0.05) is 17.1 Å². The number of benzene rings is 6. The van der Waals surface area contributed by atoms with Crippen LogP contribution in [0.1, 0.15) is 22.3 Å². The molecule has 6 rings (SSSR count). The second-order valence-electron chi connectivity index (χ2n) is 10.5. The van der Waals surface area contributed by atoms with Crippen molar-refractivity contribution in [3.8, 4) is 28.4 Å². The highest BCUT2D eigenvalue weighted by molar-refractivity contribution is 5.92. The summed E-state index contributed by atoms with van der Waals surface area (Å²) in [5.41, 5.74) is 10.3. The normalized spacial score (nSPS) is 10.7. The van der Waals surface area contributed by atoms with Gasteiger partial charge in [-0.3, -0.25) is 0 Å².